The Kier molecular flexibility index (Phi) is 6.60. The molecule has 0 spiro atoms. The number of nitrogens with one attached hydrogen (secondary N) is 1. The van der Waals surface area contributed by atoms with Crippen molar-refractivity contribution in [2.75, 3.05) is 11.9 Å². The first kappa shape index (κ1) is 20.5. The molecule has 0 fully saturated rings. The fourth-order valence-electron chi connectivity index (χ4n) is 2.35. The minimum absolute atomic E-state index is 0.0000898. The average molecular weight is 379 g/mol. The number of carbonyl (C=O) groups excluding carboxylic acids is 2. The Labute approximate surface area is 155 Å². The summed E-state index contributed by atoms with van der Waals surface area (Å²) in [7, 11) is 0. The molecule has 2 aromatic rings. The van der Waals surface area contributed by atoms with Gasteiger partial charge in [-0.25, -0.2) is 0 Å². The average Bonchev–Trinajstić information content (AvgIpc) is 2.60. The number of benzene rings is 2. The molecule has 0 saturated heterocycles. The number of anilines is 1. The van der Waals surface area contributed by atoms with Crippen LogP contribution in [0.2, 0.25) is 0 Å². The summed E-state index contributed by atoms with van der Waals surface area (Å²) in [6.07, 6.45) is -4.56. The normalized spacial score (nSPS) is 11.1. The first-order chi connectivity index (χ1) is 12.7. The van der Waals surface area contributed by atoms with Crippen molar-refractivity contribution in [3.8, 4) is 5.75 Å². The van der Waals surface area contributed by atoms with Crippen LogP contribution in [0, 0.1) is 13.8 Å². The third kappa shape index (κ3) is 6.44. The van der Waals surface area contributed by atoms with Crippen molar-refractivity contribution in [2.24, 2.45) is 0 Å². The molecule has 0 heterocycles. The van der Waals surface area contributed by atoms with Crippen LogP contribution < -0.4 is 10.1 Å². The Bertz CT molecular complexity index is 831. The van der Waals surface area contributed by atoms with Crippen LogP contribution in [-0.2, 0) is 4.79 Å². The third-order valence-corrected chi connectivity index (χ3v) is 3.96. The fraction of sp³-hybridized carbons (Fsp3) is 0.300. The highest BCUT2D eigenvalue weighted by Gasteiger charge is 2.28. The molecule has 0 atom stereocenters. The smallest absolute Gasteiger partial charge is 0.422 e. The molecular weight excluding hydrogens is 359 g/mol. The second-order valence-corrected chi connectivity index (χ2v) is 6.17. The zero-order chi connectivity index (χ0) is 20.0. The molecule has 0 aliphatic carbocycles. The first-order valence-electron chi connectivity index (χ1n) is 8.34. The van der Waals surface area contributed by atoms with Crippen LogP contribution in [-0.4, -0.2) is 24.5 Å². The van der Waals surface area contributed by atoms with E-state index in [0.29, 0.717) is 5.56 Å². The van der Waals surface area contributed by atoms with Crippen LogP contribution in [0.25, 0.3) is 0 Å². The largest absolute Gasteiger partial charge is 0.482 e. The quantitative estimate of drug-likeness (QED) is 0.700. The highest BCUT2D eigenvalue weighted by molar-refractivity contribution is 6.00. The van der Waals surface area contributed by atoms with Gasteiger partial charge in [0.1, 0.15) is 5.75 Å². The van der Waals surface area contributed by atoms with E-state index in [-0.39, 0.29) is 30.1 Å². The SMILES string of the molecule is Cc1ccc(C(=O)CCC(=O)Nc2ccccc2OCC(F)(F)F)cc1C. The number of hydrogen-bond acceptors (Lipinski definition) is 3. The lowest BCUT2D eigenvalue weighted by Crippen LogP contribution is -2.20. The van der Waals surface area contributed by atoms with Crippen molar-refractivity contribution in [1.29, 1.82) is 0 Å². The molecule has 144 valence electrons. The zero-order valence-corrected chi connectivity index (χ0v) is 15.0. The van der Waals surface area contributed by atoms with Gasteiger partial charge in [-0.1, -0.05) is 24.3 Å². The van der Waals surface area contributed by atoms with Gasteiger partial charge in [-0.2, -0.15) is 13.2 Å². The van der Waals surface area contributed by atoms with Crippen molar-refractivity contribution >= 4 is 17.4 Å². The van der Waals surface area contributed by atoms with Gasteiger partial charge in [-0.15, -0.1) is 0 Å². The molecule has 0 bridgehead atoms. The summed E-state index contributed by atoms with van der Waals surface area (Å²) >= 11 is 0. The van der Waals surface area contributed by atoms with Crippen molar-refractivity contribution in [1.82, 2.24) is 0 Å². The van der Waals surface area contributed by atoms with Gasteiger partial charge in [0.05, 0.1) is 5.69 Å². The molecule has 0 saturated carbocycles. The van der Waals surface area contributed by atoms with Crippen molar-refractivity contribution in [3.63, 3.8) is 0 Å². The number of halogens is 3. The van der Waals surface area contributed by atoms with Gasteiger partial charge < -0.3 is 10.1 Å². The van der Waals surface area contributed by atoms with Crippen LogP contribution in [0.1, 0.15) is 34.3 Å². The number of alkyl halides is 3. The lowest BCUT2D eigenvalue weighted by atomic mass is 10.0. The molecule has 0 unspecified atom stereocenters. The number of rotatable bonds is 7. The van der Waals surface area contributed by atoms with E-state index in [1.54, 1.807) is 18.2 Å². The number of hydrogen-bond donors (Lipinski definition) is 1. The molecule has 27 heavy (non-hydrogen) atoms. The van der Waals surface area contributed by atoms with Gasteiger partial charge in [-0.05, 0) is 43.2 Å². The van der Waals surface area contributed by atoms with Crippen molar-refractivity contribution in [2.45, 2.75) is 32.9 Å². The number of Topliss-reactive ketones (excluding diaryl/α,β-unsaturated/α-hetero) is 1. The summed E-state index contributed by atoms with van der Waals surface area (Å²) < 4.78 is 41.6. The van der Waals surface area contributed by atoms with E-state index in [2.05, 4.69) is 5.32 Å². The molecule has 0 aliphatic rings. The molecule has 2 aromatic carbocycles. The Hall–Kier alpha value is -2.83. The van der Waals surface area contributed by atoms with E-state index in [9.17, 15) is 22.8 Å². The third-order valence-electron chi connectivity index (χ3n) is 3.96. The number of para-hydroxylation sites is 2. The highest BCUT2D eigenvalue weighted by atomic mass is 19.4. The first-order valence-corrected chi connectivity index (χ1v) is 8.34. The molecule has 1 amide bonds. The van der Waals surface area contributed by atoms with Crippen LogP contribution in [0.4, 0.5) is 18.9 Å². The second-order valence-electron chi connectivity index (χ2n) is 6.17. The number of ether oxygens (including phenoxy) is 1. The molecule has 7 heteroatoms. The maximum absolute atomic E-state index is 12.3. The van der Waals surface area contributed by atoms with E-state index >= 15 is 0 Å². The maximum atomic E-state index is 12.3. The van der Waals surface area contributed by atoms with E-state index < -0.39 is 18.7 Å². The van der Waals surface area contributed by atoms with Gasteiger partial charge in [-0.3, -0.25) is 9.59 Å². The monoisotopic (exact) mass is 379 g/mol. The minimum Gasteiger partial charge on any atom is -0.482 e. The summed E-state index contributed by atoms with van der Waals surface area (Å²) in [5.41, 5.74) is 2.71. The summed E-state index contributed by atoms with van der Waals surface area (Å²) in [5, 5.41) is 2.49. The van der Waals surface area contributed by atoms with Crippen molar-refractivity contribution < 1.29 is 27.5 Å². The molecular formula is C20H20F3NO3. The fourth-order valence-corrected chi connectivity index (χ4v) is 2.35. The van der Waals surface area contributed by atoms with Crippen LogP contribution in [0.3, 0.4) is 0 Å². The number of amides is 1. The Morgan fingerprint density at radius 2 is 1.70 bits per heavy atom. The lowest BCUT2D eigenvalue weighted by Gasteiger charge is -2.13. The standard InChI is InChI=1S/C20H20F3NO3/c1-13-7-8-15(11-14(13)2)17(25)9-10-19(26)24-16-5-3-4-6-18(16)27-12-20(21,22)23/h3-8,11H,9-10,12H2,1-2H3,(H,24,26). The summed E-state index contributed by atoms with van der Waals surface area (Å²) in [6.45, 7) is 2.39. The summed E-state index contributed by atoms with van der Waals surface area (Å²) in [5.74, 6) is -0.728. The van der Waals surface area contributed by atoms with Crippen LogP contribution in [0.15, 0.2) is 42.5 Å². The Balaban J connectivity index is 1.94. The predicted octanol–water partition coefficient (Wildman–Crippen LogP) is 4.85. The van der Waals surface area contributed by atoms with E-state index in [0.717, 1.165) is 11.1 Å². The highest BCUT2D eigenvalue weighted by Crippen LogP contribution is 2.26. The molecule has 0 aliphatic heterocycles. The minimum atomic E-state index is -4.48. The number of carbonyl (C=O) groups is 2. The van der Waals surface area contributed by atoms with Gasteiger partial charge in [0, 0.05) is 18.4 Å². The van der Waals surface area contributed by atoms with E-state index in [1.807, 2.05) is 19.9 Å². The lowest BCUT2D eigenvalue weighted by molar-refractivity contribution is -0.153. The van der Waals surface area contributed by atoms with Gasteiger partial charge in [0.25, 0.3) is 0 Å². The molecule has 1 N–H and O–H groups in total. The maximum Gasteiger partial charge on any atom is 0.422 e. The van der Waals surface area contributed by atoms with Crippen LogP contribution in [0.5, 0.6) is 5.75 Å². The van der Waals surface area contributed by atoms with Gasteiger partial charge in [0.15, 0.2) is 12.4 Å². The molecule has 0 aromatic heterocycles. The summed E-state index contributed by atoms with van der Waals surface area (Å²) in [4.78, 5) is 24.3. The molecule has 4 nitrogen and oxygen atoms in total. The predicted molar refractivity (Wildman–Crippen MR) is 96.1 cm³/mol. The van der Waals surface area contributed by atoms with Gasteiger partial charge in [0.2, 0.25) is 5.91 Å². The summed E-state index contributed by atoms with van der Waals surface area (Å²) in [6, 6.07) is 11.2. The molecule has 0 radical (unpaired) electrons. The van der Waals surface area contributed by atoms with E-state index in [4.69, 9.17) is 4.74 Å². The van der Waals surface area contributed by atoms with Gasteiger partial charge >= 0.3 is 6.18 Å². The second kappa shape index (κ2) is 8.70. The Morgan fingerprint density at radius 3 is 2.37 bits per heavy atom. The zero-order valence-electron chi connectivity index (χ0n) is 15.0. The topological polar surface area (TPSA) is 55.4 Å². The number of ketones is 1. The molecule has 2 rings (SSSR count). The Morgan fingerprint density at radius 1 is 1.00 bits per heavy atom. The van der Waals surface area contributed by atoms with E-state index in [1.165, 1.54) is 18.2 Å². The number of aryl methyl sites for hydroxylation is 2. The van der Waals surface area contributed by atoms with Crippen molar-refractivity contribution in [3.05, 3.63) is 59.2 Å². The van der Waals surface area contributed by atoms with Crippen LogP contribution >= 0.6 is 0 Å².